The van der Waals surface area contributed by atoms with Gasteiger partial charge in [-0.1, -0.05) is 60.7 Å². The van der Waals surface area contributed by atoms with Crippen molar-refractivity contribution in [3.8, 4) is 0 Å². The van der Waals surface area contributed by atoms with Gasteiger partial charge in [-0.25, -0.2) is 4.79 Å². The van der Waals surface area contributed by atoms with Crippen molar-refractivity contribution >= 4 is 18.0 Å². The second-order valence-electron chi connectivity index (χ2n) is 10.3. The van der Waals surface area contributed by atoms with Gasteiger partial charge < -0.3 is 14.2 Å². The molecule has 1 aliphatic heterocycles. The van der Waals surface area contributed by atoms with Crippen LogP contribution in [0.4, 0.5) is 4.79 Å². The number of rotatable bonds is 4. The Morgan fingerprint density at radius 2 is 1.12 bits per heavy atom. The van der Waals surface area contributed by atoms with Gasteiger partial charge in [0.2, 0.25) is 0 Å². The number of carbonyl (C=O) groups is 3. The highest BCUT2D eigenvalue weighted by Gasteiger charge is 2.95. The third-order valence-electron chi connectivity index (χ3n) is 7.59. The van der Waals surface area contributed by atoms with Crippen LogP contribution in [0.3, 0.4) is 0 Å². The first-order chi connectivity index (χ1) is 16.2. The Hall–Kier alpha value is -3.35. The lowest BCUT2D eigenvalue weighted by molar-refractivity contribution is -0.146. The molecule has 7 nitrogen and oxygen atoms in total. The molecular weight excluding hydrogens is 434 g/mol. The van der Waals surface area contributed by atoms with Gasteiger partial charge in [-0.15, -0.1) is 0 Å². The summed E-state index contributed by atoms with van der Waals surface area (Å²) < 4.78 is 16.4. The summed E-state index contributed by atoms with van der Waals surface area (Å²) in [5, 5.41) is 0. The maximum atomic E-state index is 13.6. The molecule has 0 N–H and O–H groups in total. The van der Waals surface area contributed by atoms with E-state index in [1.807, 2.05) is 60.7 Å². The summed E-state index contributed by atoms with van der Waals surface area (Å²) in [4.78, 5) is 42.0. The van der Waals surface area contributed by atoms with Crippen molar-refractivity contribution in [1.29, 1.82) is 0 Å². The van der Waals surface area contributed by atoms with Gasteiger partial charge in [-0.3, -0.25) is 14.5 Å². The van der Waals surface area contributed by atoms with Crippen LogP contribution in [-0.2, 0) is 34.6 Å². The molecule has 2 aromatic rings. The molecule has 0 radical (unpaired) electrons. The Labute approximate surface area is 199 Å². The van der Waals surface area contributed by atoms with E-state index in [9.17, 15) is 14.4 Å². The average Bonchev–Trinajstić information content (AvgIpc) is 3.66. The number of hydrogen-bond acceptors (Lipinski definition) is 6. The van der Waals surface area contributed by atoms with Crippen LogP contribution < -0.4 is 0 Å². The molecule has 5 rings (SSSR count). The van der Waals surface area contributed by atoms with E-state index in [0.717, 1.165) is 11.1 Å². The van der Waals surface area contributed by atoms with Crippen LogP contribution in [0, 0.1) is 11.8 Å². The molecule has 6 atom stereocenters. The normalized spacial score (nSPS) is 32.8. The predicted molar refractivity (Wildman–Crippen MR) is 123 cm³/mol. The Morgan fingerprint density at radius 3 is 1.44 bits per heavy atom. The quantitative estimate of drug-likeness (QED) is 0.510. The van der Waals surface area contributed by atoms with Crippen LogP contribution in [-0.4, -0.2) is 54.8 Å². The Kier molecular flexibility index (Phi) is 4.83. The molecule has 7 heteroatoms. The number of benzene rings is 2. The second-order valence-corrected chi connectivity index (χ2v) is 10.3. The van der Waals surface area contributed by atoms with E-state index in [1.54, 1.807) is 25.7 Å². The van der Waals surface area contributed by atoms with E-state index in [0.29, 0.717) is 0 Å². The monoisotopic (exact) mass is 463 g/mol. The number of likely N-dealkylation sites (tertiary alicyclic amines) is 1. The summed E-state index contributed by atoms with van der Waals surface area (Å²) in [6.45, 7) is 5.39. The van der Waals surface area contributed by atoms with E-state index >= 15 is 0 Å². The van der Waals surface area contributed by atoms with Crippen LogP contribution >= 0.6 is 0 Å². The summed E-state index contributed by atoms with van der Waals surface area (Å²) in [7, 11) is 2.71. The molecule has 2 aromatic carbocycles. The lowest BCUT2D eigenvalue weighted by Crippen LogP contribution is -2.47. The number of hydrogen-bond donors (Lipinski definition) is 0. The number of ether oxygens (including phenoxy) is 3. The predicted octanol–water partition coefficient (Wildman–Crippen LogP) is 3.46. The van der Waals surface area contributed by atoms with Crippen molar-refractivity contribution in [2.75, 3.05) is 14.2 Å². The van der Waals surface area contributed by atoms with E-state index < -0.39 is 46.5 Å². The zero-order valence-corrected chi connectivity index (χ0v) is 20.0. The molecule has 0 aromatic heterocycles. The Balaban J connectivity index is 1.69. The van der Waals surface area contributed by atoms with Crippen LogP contribution in [0.1, 0.15) is 31.9 Å². The van der Waals surface area contributed by atoms with E-state index in [4.69, 9.17) is 14.2 Å². The van der Waals surface area contributed by atoms with Gasteiger partial charge in [0.1, 0.15) is 16.4 Å². The minimum absolute atomic E-state index is 0.306. The molecular formula is C27H29NO6. The van der Waals surface area contributed by atoms with Gasteiger partial charge in [0.25, 0.3) is 0 Å². The van der Waals surface area contributed by atoms with Crippen LogP contribution in [0.15, 0.2) is 60.7 Å². The molecule has 1 saturated heterocycles. The van der Waals surface area contributed by atoms with Gasteiger partial charge in [0.15, 0.2) is 0 Å². The Bertz CT molecular complexity index is 1070. The van der Waals surface area contributed by atoms with E-state index in [-0.39, 0.29) is 11.8 Å². The van der Waals surface area contributed by atoms with Gasteiger partial charge in [0.05, 0.1) is 26.3 Å². The average molecular weight is 464 g/mol. The first kappa shape index (κ1) is 22.4. The van der Waals surface area contributed by atoms with Gasteiger partial charge in [0, 0.05) is 11.8 Å². The molecule has 0 spiro atoms. The molecule has 1 amide bonds. The zero-order valence-electron chi connectivity index (χ0n) is 20.0. The maximum absolute atomic E-state index is 13.6. The van der Waals surface area contributed by atoms with Gasteiger partial charge in [-0.2, -0.15) is 0 Å². The summed E-state index contributed by atoms with van der Waals surface area (Å²) in [6.07, 6.45) is -0.543. The molecule has 3 aliphatic rings. The highest BCUT2D eigenvalue weighted by molar-refractivity contribution is 5.98. The SMILES string of the molecule is COC(=O)[C@]1(c2ccccc2)[C@H]2[C@H]3[C@@H](N(C(=O)OC(C)(C)C)[C@H]21)[C@@]3(C(=O)OC)c1ccccc1. The van der Waals surface area contributed by atoms with Crippen molar-refractivity contribution in [3.63, 3.8) is 0 Å². The number of esters is 2. The number of amides is 1. The molecule has 1 heterocycles. The fraction of sp³-hybridized carbons (Fsp3) is 0.444. The van der Waals surface area contributed by atoms with E-state index in [1.165, 1.54) is 14.2 Å². The lowest BCUT2D eigenvalue weighted by atomic mass is 9.87. The topological polar surface area (TPSA) is 82.1 Å². The standard InChI is InChI=1S/C27H29NO6/c1-25(2,3)34-24(31)28-20-18(26(20,22(29)32-4)16-12-8-6-9-13-16)19-21(28)27(19,23(30)33-5)17-14-10-7-11-15-17/h6-15,18-21H,1-5H3/t18-,19-,20+,21+,26+,27+/m0/s1. The third-order valence-corrected chi connectivity index (χ3v) is 7.59. The number of nitrogens with zero attached hydrogens (tertiary/aromatic N) is 1. The number of piperidine rings is 2. The van der Waals surface area contributed by atoms with E-state index in [2.05, 4.69) is 0 Å². The van der Waals surface area contributed by atoms with Crippen molar-refractivity contribution in [2.24, 2.45) is 11.8 Å². The smallest absolute Gasteiger partial charge is 0.410 e. The summed E-state index contributed by atoms with van der Waals surface area (Å²) in [5.41, 5.74) is -1.35. The van der Waals surface area contributed by atoms with Crippen LogP contribution in [0.25, 0.3) is 0 Å². The molecule has 2 saturated carbocycles. The number of methoxy groups -OCH3 is 2. The fourth-order valence-corrected chi connectivity index (χ4v) is 6.49. The van der Waals surface area contributed by atoms with Crippen molar-refractivity contribution in [2.45, 2.75) is 49.3 Å². The molecule has 3 fully saturated rings. The van der Waals surface area contributed by atoms with Crippen molar-refractivity contribution in [1.82, 2.24) is 4.90 Å². The highest BCUT2D eigenvalue weighted by Crippen LogP contribution is 2.80. The highest BCUT2D eigenvalue weighted by atomic mass is 16.6. The lowest BCUT2D eigenvalue weighted by Gasteiger charge is -2.31. The molecule has 178 valence electrons. The summed E-state index contributed by atoms with van der Waals surface area (Å²) in [5.74, 6) is -1.45. The molecule has 0 bridgehead atoms. The number of fused-ring (bicyclic) bond motifs is 3. The largest absolute Gasteiger partial charge is 0.468 e. The third kappa shape index (κ3) is 2.73. The minimum Gasteiger partial charge on any atom is -0.468 e. The molecule has 0 unspecified atom stereocenters. The van der Waals surface area contributed by atoms with Crippen molar-refractivity contribution < 1.29 is 28.6 Å². The van der Waals surface area contributed by atoms with Crippen LogP contribution in [0.5, 0.6) is 0 Å². The fourth-order valence-electron chi connectivity index (χ4n) is 6.49. The maximum Gasteiger partial charge on any atom is 0.410 e. The van der Waals surface area contributed by atoms with Gasteiger partial charge >= 0.3 is 18.0 Å². The van der Waals surface area contributed by atoms with Crippen LogP contribution in [0.2, 0.25) is 0 Å². The summed E-state index contributed by atoms with van der Waals surface area (Å²) in [6, 6.07) is 17.8. The van der Waals surface area contributed by atoms with Gasteiger partial charge in [-0.05, 0) is 31.9 Å². The van der Waals surface area contributed by atoms with Crippen molar-refractivity contribution in [3.05, 3.63) is 71.8 Å². The molecule has 2 aliphatic carbocycles. The molecule has 34 heavy (non-hydrogen) atoms. The Morgan fingerprint density at radius 1 is 0.735 bits per heavy atom. The summed E-state index contributed by atoms with van der Waals surface area (Å²) >= 11 is 0. The number of carbonyl (C=O) groups excluding carboxylic acids is 3. The minimum atomic E-state index is -1.07. The zero-order chi connectivity index (χ0) is 24.5. The first-order valence-electron chi connectivity index (χ1n) is 11.5. The second kappa shape index (κ2) is 7.32. The first-order valence-corrected chi connectivity index (χ1v) is 11.5.